The maximum Gasteiger partial charge on any atom is 0.243 e. The van der Waals surface area contributed by atoms with Crippen LogP contribution in [0.2, 0.25) is 0 Å². The number of phenolic OH excluding ortho intramolecular Hbond substituents is 1. The van der Waals surface area contributed by atoms with Crippen LogP contribution in [0.15, 0.2) is 89.0 Å². The van der Waals surface area contributed by atoms with Gasteiger partial charge in [-0.15, -0.1) is 21.5 Å². The molecule has 6 atom stereocenters. The van der Waals surface area contributed by atoms with E-state index in [1.54, 1.807) is 23.5 Å². The van der Waals surface area contributed by atoms with Gasteiger partial charge in [0.05, 0.1) is 51.8 Å². The summed E-state index contributed by atoms with van der Waals surface area (Å²) in [5.41, 5.74) is 14.2. The summed E-state index contributed by atoms with van der Waals surface area (Å²) >= 11 is 1.60. The summed E-state index contributed by atoms with van der Waals surface area (Å²) < 4.78 is 19.1. The number of nitrogens with one attached hydrogen (secondary N) is 1. The van der Waals surface area contributed by atoms with E-state index < -0.39 is 18.1 Å². The fraction of sp³-hybridized carbons (Fsp3) is 0.508. The van der Waals surface area contributed by atoms with Gasteiger partial charge in [-0.25, -0.2) is 9.97 Å². The fourth-order valence-electron chi connectivity index (χ4n) is 13.3. The molecule has 1 spiro atoms. The van der Waals surface area contributed by atoms with Crippen LogP contribution < -0.4 is 30.5 Å². The smallest absolute Gasteiger partial charge is 0.243 e. The van der Waals surface area contributed by atoms with E-state index >= 15 is 0 Å². The Balaban J connectivity index is 0.608. The van der Waals surface area contributed by atoms with Gasteiger partial charge in [-0.1, -0.05) is 55.4 Å². The number of rotatable bonds is 15. The summed E-state index contributed by atoms with van der Waals surface area (Å²) in [4.78, 5) is 49.7. The van der Waals surface area contributed by atoms with Crippen molar-refractivity contribution in [2.24, 2.45) is 11.8 Å². The Morgan fingerprint density at radius 1 is 0.924 bits per heavy atom. The van der Waals surface area contributed by atoms with Gasteiger partial charge in [-0.05, 0) is 99.6 Å². The Labute approximate surface area is 465 Å². The molecule has 5 N–H and O–H groups in total. The predicted molar refractivity (Wildman–Crippen MR) is 302 cm³/mol. The first-order valence-electron chi connectivity index (χ1n) is 28.2. The number of anilines is 4. The van der Waals surface area contributed by atoms with E-state index in [1.807, 2.05) is 87.9 Å². The molecule has 9 heterocycles. The molecule has 2 unspecified atom stereocenters. The number of nitrogens with zero attached hydrogens (tertiary/aromatic N) is 10. The molecule has 2 aromatic carbocycles. The number of carbonyl (C=O) groups is 2. The Morgan fingerprint density at radius 3 is 2.43 bits per heavy atom. The number of aromatic hydroxyl groups is 1. The number of amides is 2. The zero-order chi connectivity index (χ0) is 54.5. The van der Waals surface area contributed by atoms with Crippen LogP contribution in [0, 0.1) is 18.8 Å². The van der Waals surface area contributed by atoms with Crippen molar-refractivity contribution in [2.75, 3.05) is 79.4 Å². The fourth-order valence-corrected chi connectivity index (χ4v) is 14.1. The van der Waals surface area contributed by atoms with Gasteiger partial charge in [0.25, 0.3) is 0 Å². The number of β-amino-alcohol motifs (C(OH)–C–C–N with tert-alkyl or cyclic N) is 1. The number of fused-ring (bicyclic) bond motifs is 2. The maximum atomic E-state index is 14.5. The number of hydrogen-bond acceptors (Lipinski definition) is 18. The number of pyridine rings is 1. The molecule has 5 aliphatic heterocycles. The number of piperazine rings is 1. The molecule has 4 aromatic heterocycles. The third-order valence-electron chi connectivity index (χ3n) is 17.5. The van der Waals surface area contributed by atoms with Crippen molar-refractivity contribution in [2.45, 2.75) is 121 Å². The van der Waals surface area contributed by atoms with Crippen LogP contribution in [0.3, 0.4) is 0 Å². The number of aromatic nitrogens is 5. The summed E-state index contributed by atoms with van der Waals surface area (Å²) in [6, 6.07) is 22.8. The van der Waals surface area contributed by atoms with Crippen molar-refractivity contribution < 1.29 is 33.8 Å². The minimum Gasteiger partial charge on any atom is -0.507 e. The zero-order valence-corrected chi connectivity index (χ0v) is 46.3. The number of benzene rings is 2. The lowest BCUT2D eigenvalue weighted by Crippen LogP contribution is -2.58. The lowest BCUT2D eigenvalue weighted by atomic mass is 9.81. The number of para-hydroxylation sites is 1. The van der Waals surface area contributed by atoms with Gasteiger partial charge in [0.15, 0.2) is 17.4 Å². The number of ether oxygens (including phenoxy) is 2. The first kappa shape index (κ1) is 52.8. The Kier molecular flexibility index (Phi) is 14.7. The second-order valence-electron chi connectivity index (χ2n) is 23.2. The van der Waals surface area contributed by atoms with Gasteiger partial charge in [-0.2, -0.15) is 0 Å². The largest absolute Gasteiger partial charge is 0.507 e. The van der Waals surface area contributed by atoms with E-state index in [4.69, 9.17) is 19.7 Å². The molecule has 2 amide bonds. The first-order valence-corrected chi connectivity index (χ1v) is 29.1. The number of piperidine rings is 1. The van der Waals surface area contributed by atoms with E-state index in [9.17, 15) is 19.8 Å². The van der Waals surface area contributed by atoms with E-state index in [1.165, 1.54) is 4.90 Å². The van der Waals surface area contributed by atoms with Crippen LogP contribution in [0.5, 0.6) is 11.6 Å². The molecule has 1 saturated carbocycles. The normalized spacial score (nSPS) is 24.7. The topological polar surface area (TPSA) is 225 Å². The average molecular weight is 1090 g/mol. The molecule has 5 saturated heterocycles. The SMILES string of the molecule is Cc1ncsc1-c1ccc([C@H](C)NC(=O)[C@@H]2C[C@@H](O)CN2C(=O)[C@H](c2cc(N3CCC4(CC3)CN(CC3CC(Oc5cc(N6C7CCC6CN(c6cc(-c8ccccc8O)nnc6N)C7)ccn5)C3)CCO4)no2)C(C)C)cc1. The number of aliphatic hydroxyl groups excluding tert-OH is 1. The standard InChI is InChI=1S/C59H72N12O7S/c1-35(2)54(58(75)70-32-44(72)26-49(70)57(74)63-36(3)39-9-11-40(12-10-39)55-37(4)62-34-79-55)51-28-52(66-78-51)68-19-16-59(17-20-68)33-67(21-22-76-59)29-38-23-45(24-38)77-53-25-41(15-18-61-53)71-42-13-14-43(71)31-69(30-42)48-27-47(64-65-56(48)60)46-7-5-6-8-50(46)73/h5-12,15,18,25,27-28,34-36,38,42-45,49,54,72-73H,13-14,16-17,19-24,26,29-33H2,1-4H3,(H2,60,65)(H,63,74)/t36-,38?,42?,43?,44+,45?,49-,54-/m0/s1. The highest BCUT2D eigenvalue weighted by atomic mass is 32.1. The lowest BCUT2D eigenvalue weighted by Gasteiger charge is -2.49. The number of thiazole rings is 1. The van der Waals surface area contributed by atoms with Crippen molar-refractivity contribution in [3.63, 3.8) is 0 Å². The van der Waals surface area contributed by atoms with Crippen LogP contribution in [-0.4, -0.2) is 152 Å². The number of morpholine rings is 1. The highest BCUT2D eigenvalue weighted by Crippen LogP contribution is 2.42. The van der Waals surface area contributed by atoms with Gasteiger partial charge >= 0.3 is 0 Å². The highest BCUT2D eigenvalue weighted by Gasteiger charge is 2.46. The molecule has 19 nitrogen and oxygen atoms in total. The molecule has 0 radical (unpaired) electrons. The van der Waals surface area contributed by atoms with Crippen LogP contribution in [-0.2, 0) is 14.3 Å². The van der Waals surface area contributed by atoms with E-state index in [0.717, 1.165) is 117 Å². The molecule has 6 aromatic rings. The highest BCUT2D eigenvalue weighted by molar-refractivity contribution is 7.13. The Hall–Kier alpha value is -6.87. The van der Waals surface area contributed by atoms with Crippen LogP contribution in [0.25, 0.3) is 21.7 Å². The number of aliphatic hydroxyl groups is 1. The lowest BCUT2D eigenvalue weighted by molar-refractivity contribution is -0.141. The summed E-state index contributed by atoms with van der Waals surface area (Å²) in [5.74, 6) is 1.54. The summed E-state index contributed by atoms with van der Waals surface area (Å²) in [7, 11) is 0. The Morgan fingerprint density at radius 2 is 1.70 bits per heavy atom. The van der Waals surface area contributed by atoms with Crippen molar-refractivity contribution in [1.82, 2.24) is 40.4 Å². The quantitative estimate of drug-likeness (QED) is 0.0797. The minimum atomic E-state index is -0.816. The molecular formula is C59H72N12O7S. The van der Waals surface area contributed by atoms with Crippen molar-refractivity contribution >= 4 is 46.2 Å². The number of phenols is 1. The van der Waals surface area contributed by atoms with Gasteiger partial charge in [-0.3, -0.25) is 14.5 Å². The number of likely N-dealkylation sites (tertiary alicyclic amines) is 1. The zero-order valence-electron chi connectivity index (χ0n) is 45.5. The summed E-state index contributed by atoms with van der Waals surface area (Å²) in [5, 5.41) is 37.5. The molecular weight excluding hydrogens is 1020 g/mol. The second-order valence-corrected chi connectivity index (χ2v) is 24.1. The van der Waals surface area contributed by atoms with Crippen LogP contribution >= 0.6 is 11.3 Å². The summed E-state index contributed by atoms with van der Waals surface area (Å²) in [6.07, 6.45) is 7.16. The third kappa shape index (κ3) is 10.8. The van der Waals surface area contributed by atoms with Gasteiger partial charge in [0.2, 0.25) is 17.7 Å². The van der Waals surface area contributed by atoms with Crippen LogP contribution in [0.4, 0.5) is 23.0 Å². The molecule has 79 heavy (non-hydrogen) atoms. The summed E-state index contributed by atoms with van der Waals surface area (Å²) in [6.45, 7) is 14.5. The van der Waals surface area contributed by atoms with Gasteiger partial charge < -0.3 is 54.9 Å². The Bertz CT molecular complexity index is 3130. The van der Waals surface area contributed by atoms with E-state index in [2.05, 4.69) is 62.4 Å². The monoisotopic (exact) mass is 1090 g/mol. The molecule has 12 rings (SSSR count). The number of nitrogen functional groups attached to an aromatic ring is 1. The minimum absolute atomic E-state index is 0.0714. The number of carbonyl (C=O) groups excluding carboxylic acids is 2. The molecule has 416 valence electrons. The van der Waals surface area contributed by atoms with Gasteiger partial charge in [0.1, 0.15) is 23.8 Å². The maximum absolute atomic E-state index is 14.5. The molecule has 2 bridgehead atoms. The van der Waals surface area contributed by atoms with E-state index in [0.29, 0.717) is 59.1 Å². The third-order valence-corrected chi connectivity index (χ3v) is 18.5. The molecule has 6 aliphatic rings. The number of aryl methyl sites for hydroxylation is 1. The van der Waals surface area contributed by atoms with Gasteiger partial charge in [0, 0.05) is 100 Å². The van der Waals surface area contributed by atoms with Crippen LogP contribution in [0.1, 0.15) is 94.7 Å². The van der Waals surface area contributed by atoms with Crippen molar-refractivity contribution in [1.29, 1.82) is 0 Å². The molecule has 1 aliphatic carbocycles. The second kappa shape index (κ2) is 22.0. The van der Waals surface area contributed by atoms with E-state index in [-0.39, 0.29) is 54.2 Å². The molecule has 6 fully saturated rings. The predicted octanol–water partition coefficient (Wildman–Crippen LogP) is 7.21. The first-order chi connectivity index (χ1) is 38.2. The molecule has 20 heteroatoms. The average Bonchev–Trinajstić information content (AvgIpc) is 4.43. The van der Waals surface area contributed by atoms with Crippen molar-refractivity contribution in [3.8, 4) is 33.3 Å². The van der Waals surface area contributed by atoms with Crippen molar-refractivity contribution in [3.05, 3.63) is 102 Å². The number of nitrogens with two attached hydrogens (primary N) is 1. The number of hydrogen-bond donors (Lipinski definition) is 4.